The minimum absolute atomic E-state index is 0.237. The predicted molar refractivity (Wildman–Crippen MR) is 73.8 cm³/mol. The van der Waals surface area contributed by atoms with Crippen molar-refractivity contribution in [1.29, 1.82) is 5.26 Å². The van der Waals surface area contributed by atoms with E-state index in [-0.39, 0.29) is 12.5 Å². The monoisotopic (exact) mass is 280 g/mol. The number of nitriles is 1. The van der Waals surface area contributed by atoms with Crippen LogP contribution in [-0.2, 0) is 16.1 Å². The minimum Gasteiger partial charge on any atom is -0.465 e. The Morgan fingerprint density at radius 3 is 2.74 bits per heavy atom. The number of carbonyl (C=O) groups is 1. The topological polar surface area (TPSA) is 53.3 Å². The normalized spacial score (nSPS) is 10.3. The molecule has 102 valence electrons. The molecule has 1 aromatic carbocycles. The van der Waals surface area contributed by atoms with Gasteiger partial charge in [-0.1, -0.05) is 24.6 Å². The van der Waals surface area contributed by atoms with Crippen molar-refractivity contribution < 1.29 is 9.53 Å². The van der Waals surface area contributed by atoms with E-state index in [1.165, 1.54) is 0 Å². The zero-order chi connectivity index (χ0) is 14.3. The molecule has 1 aromatic rings. The number of ether oxygens (including phenoxy) is 1. The molecule has 0 saturated heterocycles. The quantitative estimate of drug-likeness (QED) is 0.752. The Balaban J connectivity index is 2.71. The van der Waals surface area contributed by atoms with Gasteiger partial charge in [0.2, 0.25) is 0 Å². The third-order valence-electron chi connectivity index (χ3n) is 2.68. The summed E-state index contributed by atoms with van der Waals surface area (Å²) in [4.78, 5) is 13.4. The summed E-state index contributed by atoms with van der Waals surface area (Å²) in [6.07, 6.45) is 0. The molecule has 0 spiro atoms. The summed E-state index contributed by atoms with van der Waals surface area (Å²) in [6, 6.07) is 7.21. The van der Waals surface area contributed by atoms with E-state index in [0.717, 1.165) is 12.1 Å². The van der Waals surface area contributed by atoms with E-state index in [4.69, 9.17) is 21.6 Å². The highest BCUT2D eigenvalue weighted by molar-refractivity contribution is 6.31. The fourth-order valence-electron chi connectivity index (χ4n) is 1.65. The first-order chi connectivity index (χ1) is 9.10. The lowest BCUT2D eigenvalue weighted by molar-refractivity contribution is -0.144. The molecule has 0 N–H and O–H groups in total. The summed E-state index contributed by atoms with van der Waals surface area (Å²) in [6.45, 7) is 5.64. The van der Waals surface area contributed by atoms with Gasteiger partial charge < -0.3 is 4.74 Å². The fraction of sp³-hybridized carbons (Fsp3) is 0.429. The van der Waals surface area contributed by atoms with Crippen molar-refractivity contribution >= 4 is 17.6 Å². The molecule has 0 amide bonds. The molecule has 0 saturated carbocycles. The van der Waals surface area contributed by atoms with Gasteiger partial charge in [-0.25, -0.2) is 0 Å². The zero-order valence-electron chi connectivity index (χ0n) is 11.1. The molecule has 0 unspecified atom stereocenters. The van der Waals surface area contributed by atoms with Gasteiger partial charge in [-0.2, -0.15) is 5.26 Å². The molecule has 0 fully saturated rings. The van der Waals surface area contributed by atoms with Gasteiger partial charge in [0.25, 0.3) is 0 Å². The van der Waals surface area contributed by atoms with Gasteiger partial charge in [-0.05, 0) is 31.2 Å². The van der Waals surface area contributed by atoms with E-state index < -0.39 is 0 Å². The molecule has 19 heavy (non-hydrogen) atoms. The summed E-state index contributed by atoms with van der Waals surface area (Å²) < 4.78 is 4.92. The van der Waals surface area contributed by atoms with Crippen molar-refractivity contribution in [3.05, 3.63) is 34.3 Å². The van der Waals surface area contributed by atoms with Gasteiger partial charge in [0.15, 0.2) is 0 Å². The molecular weight excluding hydrogens is 264 g/mol. The van der Waals surface area contributed by atoms with Crippen LogP contribution < -0.4 is 0 Å². The molecule has 0 bridgehead atoms. The summed E-state index contributed by atoms with van der Waals surface area (Å²) in [5, 5.41) is 9.32. The highest BCUT2D eigenvalue weighted by Gasteiger charge is 2.12. The average molecular weight is 281 g/mol. The van der Waals surface area contributed by atoms with Gasteiger partial charge in [0, 0.05) is 11.6 Å². The van der Waals surface area contributed by atoms with Crippen molar-refractivity contribution in [1.82, 2.24) is 4.90 Å². The molecule has 5 heteroatoms. The summed E-state index contributed by atoms with van der Waals surface area (Å²) in [5.41, 5.74) is 1.43. The van der Waals surface area contributed by atoms with E-state index in [1.54, 1.807) is 19.1 Å². The third-order valence-corrected chi connectivity index (χ3v) is 3.03. The van der Waals surface area contributed by atoms with Crippen LogP contribution in [0.5, 0.6) is 0 Å². The zero-order valence-corrected chi connectivity index (χ0v) is 11.9. The van der Waals surface area contributed by atoms with Crippen LogP contribution in [0.1, 0.15) is 25.0 Å². The Bertz CT molecular complexity index is 483. The van der Waals surface area contributed by atoms with Crippen LogP contribution in [0.25, 0.3) is 0 Å². The first-order valence-electron chi connectivity index (χ1n) is 6.17. The maximum absolute atomic E-state index is 11.4. The first kappa shape index (κ1) is 15.5. The maximum Gasteiger partial charge on any atom is 0.320 e. The van der Waals surface area contributed by atoms with Crippen molar-refractivity contribution in [3.8, 4) is 6.07 Å². The highest BCUT2D eigenvalue weighted by Crippen LogP contribution is 2.19. The van der Waals surface area contributed by atoms with Crippen LogP contribution in [0.2, 0.25) is 5.02 Å². The van der Waals surface area contributed by atoms with Gasteiger partial charge in [0.05, 0.1) is 24.8 Å². The van der Waals surface area contributed by atoms with Gasteiger partial charge in [-0.15, -0.1) is 0 Å². The second-order valence-corrected chi connectivity index (χ2v) is 4.43. The molecule has 0 aromatic heterocycles. The molecule has 0 heterocycles. The Morgan fingerprint density at radius 1 is 1.47 bits per heavy atom. The number of carbonyl (C=O) groups excluding carboxylic acids is 1. The Morgan fingerprint density at radius 2 is 2.21 bits per heavy atom. The van der Waals surface area contributed by atoms with E-state index in [0.29, 0.717) is 23.7 Å². The van der Waals surface area contributed by atoms with Crippen LogP contribution >= 0.6 is 11.6 Å². The largest absolute Gasteiger partial charge is 0.465 e. The number of likely N-dealkylation sites (N-methyl/N-ethyl adjacent to an activating group) is 1. The molecule has 0 radical (unpaired) electrons. The Kier molecular flexibility index (Phi) is 6.34. The smallest absolute Gasteiger partial charge is 0.320 e. The molecule has 0 atom stereocenters. The maximum atomic E-state index is 11.4. The minimum atomic E-state index is -0.242. The molecule has 4 nitrogen and oxygen atoms in total. The van der Waals surface area contributed by atoms with Crippen molar-refractivity contribution in [3.63, 3.8) is 0 Å². The van der Waals surface area contributed by atoms with Crippen LogP contribution in [0.15, 0.2) is 18.2 Å². The van der Waals surface area contributed by atoms with E-state index >= 15 is 0 Å². The molecule has 0 aliphatic carbocycles. The number of benzene rings is 1. The summed E-state index contributed by atoms with van der Waals surface area (Å²) >= 11 is 6.11. The Hall–Kier alpha value is -1.57. The van der Waals surface area contributed by atoms with Crippen LogP contribution in [0, 0.1) is 11.3 Å². The standard InChI is InChI=1S/C14H17ClN2O2/c1-3-17(10-14(18)19-4-2)9-12-6-5-11(8-16)7-13(12)15/h5-7H,3-4,9-10H2,1-2H3. The highest BCUT2D eigenvalue weighted by atomic mass is 35.5. The van der Waals surface area contributed by atoms with Gasteiger partial charge in [-0.3, -0.25) is 9.69 Å². The van der Waals surface area contributed by atoms with Crippen molar-refractivity contribution in [2.45, 2.75) is 20.4 Å². The molecule has 0 aliphatic rings. The lowest BCUT2D eigenvalue weighted by atomic mass is 10.1. The van der Waals surface area contributed by atoms with E-state index in [9.17, 15) is 4.79 Å². The van der Waals surface area contributed by atoms with E-state index in [1.807, 2.05) is 24.0 Å². The van der Waals surface area contributed by atoms with Crippen molar-refractivity contribution in [2.75, 3.05) is 19.7 Å². The molecule has 0 aliphatic heterocycles. The number of halogens is 1. The number of esters is 1. The lowest BCUT2D eigenvalue weighted by Crippen LogP contribution is -2.30. The number of hydrogen-bond donors (Lipinski definition) is 0. The summed E-state index contributed by atoms with van der Waals surface area (Å²) in [5.74, 6) is -0.242. The first-order valence-corrected chi connectivity index (χ1v) is 6.55. The van der Waals surface area contributed by atoms with Gasteiger partial charge >= 0.3 is 5.97 Å². The number of nitrogens with zero attached hydrogens (tertiary/aromatic N) is 2. The third kappa shape index (κ3) is 4.90. The van der Waals surface area contributed by atoms with Gasteiger partial charge in [0.1, 0.15) is 0 Å². The second kappa shape index (κ2) is 7.78. The van der Waals surface area contributed by atoms with Crippen LogP contribution in [-0.4, -0.2) is 30.6 Å². The second-order valence-electron chi connectivity index (χ2n) is 4.03. The lowest BCUT2D eigenvalue weighted by Gasteiger charge is -2.20. The number of rotatable bonds is 6. The summed E-state index contributed by atoms with van der Waals surface area (Å²) in [7, 11) is 0. The van der Waals surface area contributed by atoms with Crippen LogP contribution in [0.4, 0.5) is 0 Å². The van der Waals surface area contributed by atoms with Crippen LogP contribution in [0.3, 0.4) is 0 Å². The SMILES string of the molecule is CCOC(=O)CN(CC)Cc1ccc(C#N)cc1Cl. The van der Waals surface area contributed by atoms with Crippen molar-refractivity contribution in [2.24, 2.45) is 0 Å². The van der Waals surface area contributed by atoms with E-state index in [2.05, 4.69) is 0 Å². The molecule has 1 rings (SSSR count). The average Bonchev–Trinajstić information content (AvgIpc) is 2.40. The Labute approximate surface area is 118 Å². The molecular formula is C14H17ClN2O2. The number of hydrogen-bond acceptors (Lipinski definition) is 4. The fourth-order valence-corrected chi connectivity index (χ4v) is 1.90. The predicted octanol–water partition coefficient (Wildman–Crippen LogP) is 2.60.